The van der Waals surface area contributed by atoms with Gasteiger partial charge in [0.05, 0.1) is 0 Å². The lowest BCUT2D eigenvalue weighted by Gasteiger charge is -2.25. The highest BCUT2D eigenvalue weighted by Gasteiger charge is 2.34. The summed E-state index contributed by atoms with van der Waals surface area (Å²) in [6.45, 7) is 4.85. The Morgan fingerprint density at radius 1 is 1.50 bits per heavy atom. The van der Waals surface area contributed by atoms with Crippen LogP contribution < -0.4 is 0 Å². The summed E-state index contributed by atoms with van der Waals surface area (Å²) in [5.74, 6) is 0.992. The fraction of sp³-hybridized carbons (Fsp3) is 0.500. The SMILES string of the molecule is Cc1ccc(C(=O)N2CCC(C)C2CCl)cc1Cl. The van der Waals surface area contributed by atoms with Crippen LogP contribution in [0.3, 0.4) is 0 Å². The quantitative estimate of drug-likeness (QED) is 0.758. The number of halogens is 2. The number of hydrogen-bond donors (Lipinski definition) is 0. The van der Waals surface area contributed by atoms with E-state index >= 15 is 0 Å². The maximum Gasteiger partial charge on any atom is 0.254 e. The van der Waals surface area contributed by atoms with Crippen LogP contribution in [0, 0.1) is 12.8 Å². The van der Waals surface area contributed by atoms with Crippen LogP contribution in [-0.2, 0) is 0 Å². The van der Waals surface area contributed by atoms with Gasteiger partial charge in [0.25, 0.3) is 5.91 Å². The van der Waals surface area contributed by atoms with Crippen LogP contribution in [0.15, 0.2) is 18.2 Å². The van der Waals surface area contributed by atoms with E-state index in [2.05, 4.69) is 6.92 Å². The van der Waals surface area contributed by atoms with E-state index in [1.807, 2.05) is 24.0 Å². The number of amides is 1. The highest BCUT2D eigenvalue weighted by molar-refractivity contribution is 6.31. The molecule has 0 spiro atoms. The average molecular weight is 286 g/mol. The number of benzene rings is 1. The molecule has 2 atom stereocenters. The zero-order chi connectivity index (χ0) is 13.3. The number of carbonyl (C=O) groups is 1. The Hall–Kier alpha value is -0.730. The molecule has 0 aliphatic carbocycles. The van der Waals surface area contributed by atoms with Crippen LogP contribution in [0.1, 0.15) is 29.3 Å². The van der Waals surface area contributed by atoms with Gasteiger partial charge in [-0.2, -0.15) is 0 Å². The molecule has 1 fully saturated rings. The van der Waals surface area contributed by atoms with Crippen molar-refractivity contribution in [2.45, 2.75) is 26.3 Å². The molecule has 1 saturated heterocycles. The third-order valence-electron chi connectivity index (χ3n) is 3.72. The first-order valence-electron chi connectivity index (χ1n) is 6.17. The van der Waals surface area contributed by atoms with Crippen molar-refractivity contribution in [1.29, 1.82) is 0 Å². The summed E-state index contributed by atoms with van der Waals surface area (Å²) in [5.41, 5.74) is 1.63. The largest absolute Gasteiger partial charge is 0.334 e. The molecule has 0 aromatic heterocycles. The molecule has 1 heterocycles. The maximum absolute atomic E-state index is 12.4. The summed E-state index contributed by atoms with van der Waals surface area (Å²) >= 11 is 12.0. The molecular formula is C14H17Cl2NO. The summed E-state index contributed by atoms with van der Waals surface area (Å²) in [6.07, 6.45) is 1.02. The molecule has 98 valence electrons. The van der Waals surface area contributed by atoms with Gasteiger partial charge < -0.3 is 4.90 Å². The molecule has 1 aromatic carbocycles. The number of nitrogens with zero attached hydrogens (tertiary/aromatic N) is 1. The predicted octanol–water partition coefficient (Wildman–Crippen LogP) is 3.74. The average Bonchev–Trinajstić information content (AvgIpc) is 2.73. The van der Waals surface area contributed by atoms with E-state index in [0.29, 0.717) is 22.4 Å². The molecule has 1 aliphatic rings. The smallest absolute Gasteiger partial charge is 0.254 e. The summed E-state index contributed by atoms with van der Waals surface area (Å²) in [4.78, 5) is 14.3. The first kappa shape index (κ1) is 13.7. The lowest BCUT2D eigenvalue weighted by Crippen LogP contribution is -2.38. The van der Waals surface area contributed by atoms with Crippen molar-refractivity contribution in [1.82, 2.24) is 4.90 Å². The zero-order valence-electron chi connectivity index (χ0n) is 10.6. The molecule has 0 N–H and O–H groups in total. The van der Waals surface area contributed by atoms with E-state index in [1.165, 1.54) is 0 Å². The Kier molecular flexibility index (Phi) is 4.18. The molecule has 2 rings (SSSR count). The number of carbonyl (C=O) groups excluding carboxylic acids is 1. The maximum atomic E-state index is 12.4. The van der Waals surface area contributed by atoms with Crippen LogP contribution >= 0.6 is 23.2 Å². The van der Waals surface area contributed by atoms with Crippen molar-refractivity contribution in [3.05, 3.63) is 34.3 Å². The molecular weight excluding hydrogens is 269 g/mol. The molecule has 2 nitrogen and oxygen atoms in total. The van der Waals surface area contributed by atoms with Crippen molar-refractivity contribution in [3.8, 4) is 0 Å². The first-order valence-corrected chi connectivity index (χ1v) is 7.09. The van der Waals surface area contributed by atoms with Gasteiger partial charge in [-0.05, 0) is 37.0 Å². The van der Waals surface area contributed by atoms with Gasteiger partial charge >= 0.3 is 0 Å². The van der Waals surface area contributed by atoms with Gasteiger partial charge in [-0.25, -0.2) is 0 Å². The molecule has 1 aromatic rings. The molecule has 18 heavy (non-hydrogen) atoms. The van der Waals surface area contributed by atoms with Gasteiger partial charge in [0, 0.05) is 29.1 Å². The Morgan fingerprint density at radius 3 is 2.83 bits per heavy atom. The topological polar surface area (TPSA) is 20.3 Å². The summed E-state index contributed by atoms with van der Waals surface area (Å²) in [5, 5.41) is 0.635. The highest BCUT2D eigenvalue weighted by atomic mass is 35.5. The monoisotopic (exact) mass is 285 g/mol. The van der Waals surface area contributed by atoms with Crippen molar-refractivity contribution < 1.29 is 4.79 Å². The fourth-order valence-corrected chi connectivity index (χ4v) is 3.04. The molecule has 1 aliphatic heterocycles. The Balaban J connectivity index is 2.23. The van der Waals surface area contributed by atoms with Crippen molar-refractivity contribution in [2.75, 3.05) is 12.4 Å². The number of hydrogen-bond acceptors (Lipinski definition) is 1. The van der Waals surface area contributed by atoms with Crippen LogP contribution in [0.2, 0.25) is 5.02 Å². The normalized spacial score (nSPS) is 23.4. The Morgan fingerprint density at radius 2 is 2.22 bits per heavy atom. The predicted molar refractivity (Wildman–Crippen MR) is 75.5 cm³/mol. The highest BCUT2D eigenvalue weighted by Crippen LogP contribution is 2.27. The minimum Gasteiger partial charge on any atom is -0.334 e. The summed E-state index contributed by atoms with van der Waals surface area (Å²) in [6, 6.07) is 5.59. The van der Waals surface area contributed by atoms with Gasteiger partial charge in [0.15, 0.2) is 0 Å². The van der Waals surface area contributed by atoms with E-state index in [-0.39, 0.29) is 11.9 Å². The van der Waals surface area contributed by atoms with Crippen molar-refractivity contribution >= 4 is 29.1 Å². The van der Waals surface area contributed by atoms with Crippen LogP contribution in [0.5, 0.6) is 0 Å². The van der Waals surface area contributed by atoms with Gasteiger partial charge in [0.1, 0.15) is 0 Å². The van der Waals surface area contributed by atoms with Crippen molar-refractivity contribution in [2.24, 2.45) is 5.92 Å². The molecule has 0 radical (unpaired) electrons. The van der Waals surface area contributed by atoms with E-state index in [0.717, 1.165) is 18.5 Å². The lowest BCUT2D eigenvalue weighted by molar-refractivity contribution is 0.0737. The van der Waals surface area contributed by atoms with E-state index in [9.17, 15) is 4.79 Å². The molecule has 1 amide bonds. The van der Waals surface area contributed by atoms with Gasteiger partial charge in [-0.1, -0.05) is 24.6 Å². The second-order valence-electron chi connectivity index (χ2n) is 4.95. The minimum atomic E-state index is 0.0342. The van der Waals surface area contributed by atoms with Crippen LogP contribution in [-0.4, -0.2) is 29.3 Å². The third kappa shape index (κ3) is 2.50. The number of aryl methyl sites for hydroxylation is 1. The Labute approximate surface area is 118 Å². The van der Waals surface area contributed by atoms with Gasteiger partial charge in [0.2, 0.25) is 0 Å². The number of alkyl halides is 1. The molecule has 0 bridgehead atoms. The van der Waals surface area contributed by atoms with Crippen LogP contribution in [0.25, 0.3) is 0 Å². The molecule has 2 unspecified atom stereocenters. The van der Waals surface area contributed by atoms with Crippen molar-refractivity contribution in [3.63, 3.8) is 0 Å². The summed E-state index contributed by atoms with van der Waals surface area (Å²) in [7, 11) is 0. The third-order valence-corrected chi connectivity index (χ3v) is 4.44. The second kappa shape index (κ2) is 5.50. The molecule has 4 heteroatoms. The van der Waals surface area contributed by atoms with E-state index in [1.54, 1.807) is 6.07 Å². The van der Waals surface area contributed by atoms with Crippen LogP contribution in [0.4, 0.5) is 0 Å². The molecule has 0 saturated carbocycles. The van der Waals surface area contributed by atoms with Gasteiger partial charge in [-0.3, -0.25) is 4.79 Å². The Bertz CT molecular complexity index is 461. The standard InChI is InChI=1S/C14H17Cl2NO/c1-9-3-4-11(7-12(9)16)14(18)17-6-5-10(2)13(17)8-15/h3-4,7,10,13H,5-6,8H2,1-2H3. The van der Waals surface area contributed by atoms with E-state index in [4.69, 9.17) is 23.2 Å². The zero-order valence-corrected chi connectivity index (χ0v) is 12.1. The number of likely N-dealkylation sites (tertiary alicyclic amines) is 1. The number of rotatable bonds is 2. The van der Waals surface area contributed by atoms with Gasteiger partial charge in [-0.15, -0.1) is 11.6 Å². The second-order valence-corrected chi connectivity index (χ2v) is 5.67. The van der Waals surface area contributed by atoms with E-state index < -0.39 is 0 Å². The first-order chi connectivity index (χ1) is 8.54. The fourth-order valence-electron chi connectivity index (χ4n) is 2.39. The lowest BCUT2D eigenvalue weighted by atomic mass is 10.0. The minimum absolute atomic E-state index is 0.0342. The summed E-state index contributed by atoms with van der Waals surface area (Å²) < 4.78 is 0.